The van der Waals surface area contributed by atoms with Gasteiger partial charge in [0.15, 0.2) is 0 Å². The van der Waals surface area contributed by atoms with Gasteiger partial charge in [0.05, 0.1) is 46.7 Å². The summed E-state index contributed by atoms with van der Waals surface area (Å²) < 4.78 is 52.7. The first-order chi connectivity index (χ1) is 33.0. The molecule has 4 amide bonds. The van der Waals surface area contributed by atoms with Gasteiger partial charge in [-0.25, -0.2) is 9.59 Å². The Balaban J connectivity index is 0.000000232. The molecule has 2 atom stereocenters. The van der Waals surface area contributed by atoms with E-state index in [1.807, 2.05) is 0 Å². The Morgan fingerprint density at radius 1 is 0.638 bits per heavy atom. The lowest BCUT2D eigenvalue weighted by Gasteiger charge is -2.34. The molecule has 4 aromatic rings. The number of esters is 1. The fourth-order valence-electron chi connectivity index (χ4n) is 7.27. The van der Waals surface area contributed by atoms with Crippen LogP contribution in [0.25, 0.3) is 0 Å². The van der Waals surface area contributed by atoms with Crippen molar-refractivity contribution in [2.24, 2.45) is 0 Å². The molecule has 4 N–H and O–H groups in total. The third-order valence-corrected chi connectivity index (χ3v) is 11.5. The molecule has 21 nitrogen and oxygen atoms in total. The predicted octanol–water partition coefficient (Wildman–Crippen LogP) is 3.71. The number of carbonyl (C=O) groups is 5. The van der Waals surface area contributed by atoms with Crippen LogP contribution in [0.15, 0.2) is 97.1 Å². The number of amidine groups is 2. The molecular weight excluding hydrogens is 917 g/mol. The number of nitrogens with one attached hydrogen (secondary N) is 4. The van der Waals surface area contributed by atoms with Crippen LogP contribution in [0, 0.1) is 10.8 Å². The van der Waals surface area contributed by atoms with E-state index in [9.17, 15) is 32.4 Å². The van der Waals surface area contributed by atoms with Gasteiger partial charge in [0.2, 0.25) is 0 Å². The van der Waals surface area contributed by atoms with Crippen molar-refractivity contribution in [3.8, 4) is 11.5 Å². The summed E-state index contributed by atoms with van der Waals surface area (Å²) in [5.41, 5.74) is 2.91. The van der Waals surface area contributed by atoms with Crippen LogP contribution in [0.5, 0.6) is 11.5 Å². The van der Waals surface area contributed by atoms with Gasteiger partial charge in [-0.1, -0.05) is 0 Å². The van der Waals surface area contributed by atoms with E-state index in [-0.39, 0.29) is 36.9 Å². The summed E-state index contributed by atoms with van der Waals surface area (Å²) in [6.45, 7) is 6.47. The van der Waals surface area contributed by atoms with Crippen molar-refractivity contribution in [3.05, 3.63) is 119 Å². The molecule has 0 aliphatic carbocycles. The summed E-state index contributed by atoms with van der Waals surface area (Å²) in [4.78, 5) is 68.3. The van der Waals surface area contributed by atoms with Gasteiger partial charge in [0.1, 0.15) is 42.0 Å². The van der Waals surface area contributed by atoms with Gasteiger partial charge >= 0.3 is 18.2 Å². The van der Waals surface area contributed by atoms with E-state index in [4.69, 9.17) is 34.5 Å². The van der Waals surface area contributed by atoms with Gasteiger partial charge < -0.3 is 34.3 Å². The molecule has 3 aliphatic heterocycles. The molecule has 0 saturated carbocycles. The smallest absolute Gasteiger partial charge is 0.414 e. The molecule has 0 aromatic heterocycles. The highest BCUT2D eigenvalue weighted by atomic mass is 32.2. The molecule has 0 radical (unpaired) electrons. The molecule has 3 saturated heterocycles. The van der Waals surface area contributed by atoms with Crippen LogP contribution in [0.4, 0.5) is 21.0 Å². The fourth-order valence-corrected chi connectivity index (χ4v) is 7.67. The SMILES string of the molecule is CCOC(=O)CN1CCN(CC2CN(c3ccc(C(=N)NC(=O)c4ccc(OC)cc4)cc3)C(=O)O2)CC1.COc1ccc(C(=O)NC(=N)c2ccc(N3CC(COS(C)(=O)=O)OC3=O)cc2)cc1. The zero-order chi connectivity index (χ0) is 49.7. The molecule has 7 rings (SSSR count). The minimum absolute atomic E-state index is 0.0404. The zero-order valence-corrected chi connectivity index (χ0v) is 39.3. The number of amides is 4. The molecule has 0 spiro atoms. The first kappa shape index (κ1) is 51.0. The van der Waals surface area contributed by atoms with Crippen molar-refractivity contribution < 1.29 is 60.3 Å². The van der Waals surface area contributed by atoms with Crippen LogP contribution in [-0.4, -0.2) is 158 Å². The lowest BCUT2D eigenvalue weighted by Crippen LogP contribution is -2.50. The summed E-state index contributed by atoms with van der Waals surface area (Å²) in [6.07, 6.45) is -1.10. The number of piperazine rings is 1. The maximum absolute atomic E-state index is 12.5. The number of nitrogens with zero attached hydrogens (tertiary/aromatic N) is 4. The van der Waals surface area contributed by atoms with Crippen molar-refractivity contribution in [2.45, 2.75) is 19.1 Å². The van der Waals surface area contributed by atoms with Crippen LogP contribution in [0.2, 0.25) is 0 Å². The third-order valence-electron chi connectivity index (χ3n) is 10.9. The Morgan fingerprint density at radius 3 is 1.46 bits per heavy atom. The predicted molar refractivity (Wildman–Crippen MR) is 253 cm³/mol. The summed E-state index contributed by atoms with van der Waals surface area (Å²) in [6, 6.07) is 26.3. The van der Waals surface area contributed by atoms with Gasteiger partial charge in [-0.3, -0.25) is 49.0 Å². The van der Waals surface area contributed by atoms with E-state index in [2.05, 4.69) is 24.6 Å². The highest BCUT2D eigenvalue weighted by Crippen LogP contribution is 2.25. The lowest BCUT2D eigenvalue weighted by molar-refractivity contribution is -0.144. The van der Waals surface area contributed by atoms with E-state index >= 15 is 0 Å². The summed E-state index contributed by atoms with van der Waals surface area (Å²) >= 11 is 0. The van der Waals surface area contributed by atoms with Gasteiger partial charge in [0, 0.05) is 66.4 Å². The number of carbonyl (C=O) groups excluding carboxylic acids is 5. The molecule has 4 aromatic carbocycles. The van der Waals surface area contributed by atoms with Gasteiger partial charge in [0.25, 0.3) is 21.9 Å². The molecule has 366 valence electrons. The van der Waals surface area contributed by atoms with Crippen LogP contribution in [0.3, 0.4) is 0 Å². The number of rotatable bonds is 16. The van der Waals surface area contributed by atoms with E-state index in [0.717, 1.165) is 32.4 Å². The fraction of sp³-hybridized carbons (Fsp3) is 0.340. The first-order valence-electron chi connectivity index (χ1n) is 21.7. The molecule has 2 unspecified atom stereocenters. The quantitative estimate of drug-likeness (QED) is 0.0410. The van der Waals surface area contributed by atoms with Gasteiger partial charge in [-0.2, -0.15) is 8.42 Å². The van der Waals surface area contributed by atoms with Crippen LogP contribution >= 0.6 is 0 Å². The van der Waals surface area contributed by atoms with Gasteiger partial charge in [-0.05, 0) is 104 Å². The van der Waals surface area contributed by atoms with E-state index in [1.54, 1.807) is 116 Å². The maximum atomic E-state index is 12.5. The van der Waals surface area contributed by atoms with Crippen LogP contribution in [-0.2, 0) is 33.3 Å². The number of cyclic esters (lactones) is 2. The monoisotopic (exact) mass is 970 g/mol. The molecule has 69 heavy (non-hydrogen) atoms. The van der Waals surface area contributed by atoms with E-state index in [1.165, 1.54) is 12.0 Å². The molecule has 3 heterocycles. The number of ether oxygens (including phenoxy) is 5. The Morgan fingerprint density at radius 2 is 1.04 bits per heavy atom. The minimum atomic E-state index is -3.63. The van der Waals surface area contributed by atoms with Crippen molar-refractivity contribution in [3.63, 3.8) is 0 Å². The van der Waals surface area contributed by atoms with Gasteiger partial charge in [-0.15, -0.1) is 0 Å². The van der Waals surface area contributed by atoms with E-state index in [0.29, 0.717) is 71.4 Å². The molecule has 0 bridgehead atoms. The average Bonchev–Trinajstić information content (AvgIpc) is 3.91. The number of hydrogen-bond donors (Lipinski definition) is 4. The first-order valence-corrected chi connectivity index (χ1v) is 23.5. The third kappa shape index (κ3) is 14.5. The Kier molecular flexibility index (Phi) is 17.4. The van der Waals surface area contributed by atoms with Crippen molar-refractivity contribution in [2.75, 3.05) is 95.8 Å². The zero-order valence-electron chi connectivity index (χ0n) is 38.5. The number of hydrogen-bond acceptors (Lipinski definition) is 17. The second kappa shape index (κ2) is 23.6. The number of methoxy groups -OCH3 is 2. The highest BCUT2D eigenvalue weighted by Gasteiger charge is 2.35. The van der Waals surface area contributed by atoms with Crippen molar-refractivity contribution in [1.82, 2.24) is 20.4 Å². The average molecular weight is 971 g/mol. The largest absolute Gasteiger partial charge is 0.497 e. The summed E-state index contributed by atoms with van der Waals surface area (Å²) in [7, 11) is -0.556. The molecular formula is C47H54N8O13S. The Bertz CT molecular complexity index is 2590. The molecule has 22 heteroatoms. The highest BCUT2D eigenvalue weighted by molar-refractivity contribution is 7.86. The lowest BCUT2D eigenvalue weighted by atomic mass is 10.1. The Hall–Kier alpha value is -7.40. The maximum Gasteiger partial charge on any atom is 0.414 e. The van der Waals surface area contributed by atoms with Crippen LogP contribution < -0.4 is 29.9 Å². The molecule has 3 fully saturated rings. The summed E-state index contributed by atoms with van der Waals surface area (Å²) in [5, 5.41) is 21.5. The van der Waals surface area contributed by atoms with Crippen molar-refractivity contribution >= 4 is 63.1 Å². The topological polar surface area (TPSA) is 260 Å². The van der Waals surface area contributed by atoms with Crippen molar-refractivity contribution in [1.29, 1.82) is 10.8 Å². The molecule has 3 aliphatic rings. The second-order valence-corrected chi connectivity index (χ2v) is 17.5. The number of benzene rings is 4. The Labute approximate surface area is 399 Å². The summed E-state index contributed by atoms with van der Waals surface area (Å²) in [5.74, 6) is 0.0819. The minimum Gasteiger partial charge on any atom is -0.497 e. The van der Waals surface area contributed by atoms with Crippen LogP contribution in [0.1, 0.15) is 38.8 Å². The normalized spacial score (nSPS) is 17.2. The second-order valence-electron chi connectivity index (χ2n) is 15.8. The van der Waals surface area contributed by atoms with E-state index < -0.39 is 40.2 Å². The standard InChI is InChI=1S/C27H33N5O6.C20H21N3O7S/c1-3-37-24(33)18-31-14-12-30(13-15-31)16-23-17-32(27(35)38-23)21-8-4-19(5-9-21)25(28)29-26(34)20-6-10-22(36-2)11-7-20;1-28-16-9-5-14(6-10-16)19(24)22-18(21)13-3-7-15(8-4-13)23-11-17(30-20(23)25)12-29-31(2,26)27/h4-11,23H,3,12-18H2,1-2H3,(H2,28,29,34);3-10,17H,11-12H2,1-2H3,(H2,21,22,24). The number of anilines is 2.